The number of sulfonamides is 1. The minimum Gasteiger partial charge on any atom is -0.309 e. The van der Waals surface area contributed by atoms with Crippen LogP contribution >= 0.6 is 0 Å². The number of benzene rings is 3. The Morgan fingerprint density at radius 1 is 0.964 bits per heavy atom. The van der Waals surface area contributed by atoms with Crippen LogP contribution in [0.5, 0.6) is 0 Å². The van der Waals surface area contributed by atoms with Crippen LogP contribution in [0.1, 0.15) is 31.1 Å². The smallest absolute Gasteiger partial charge is 0.258 e. The molecule has 0 aliphatic carbocycles. The molecular weight excluding hydrogens is 372 g/mol. The molecule has 1 amide bonds. The molecule has 3 aromatic rings. The van der Waals surface area contributed by atoms with Crippen molar-refractivity contribution in [3.63, 3.8) is 0 Å². The van der Waals surface area contributed by atoms with E-state index < -0.39 is 10.0 Å². The summed E-state index contributed by atoms with van der Waals surface area (Å²) in [7, 11) is -3.66. The second-order valence-electron chi connectivity index (χ2n) is 6.88. The van der Waals surface area contributed by atoms with Crippen LogP contribution in [0, 0.1) is 0 Å². The molecule has 0 saturated carbocycles. The van der Waals surface area contributed by atoms with Crippen LogP contribution < -0.4 is 9.62 Å². The zero-order valence-corrected chi connectivity index (χ0v) is 17.0. The van der Waals surface area contributed by atoms with Gasteiger partial charge >= 0.3 is 0 Å². The first-order valence-electron chi connectivity index (χ1n) is 9.25. The number of hydrogen-bond acceptors (Lipinski definition) is 3. The van der Waals surface area contributed by atoms with Crippen LogP contribution in [0.15, 0.2) is 71.6 Å². The average molecular weight is 397 g/mol. The van der Waals surface area contributed by atoms with Crippen molar-refractivity contribution in [3.05, 3.63) is 72.3 Å². The third kappa shape index (κ3) is 4.24. The minimum atomic E-state index is -3.66. The summed E-state index contributed by atoms with van der Waals surface area (Å²) in [5, 5.41) is 2.14. The maximum atomic E-state index is 13.1. The number of carbonyl (C=O) groups is 1. The Bertz CT molecular complexity index is 1110. The van der Waals surface area contributed by atoms with Gasteiger partial charge in [0.15, 0.2) is 0 Å². The molecule has 3 rings (SSSR count). The summed E-state index contributed by atoms with van der Waals surface area (Å²) in [5.74, 6) is -0.237. The van der Waals surface area contributed by atoms with Crippen molar-refractivity contribution in [2.45, 2.75) is 31.7 Å². The highest BCUT2D eigenvalue weighted by Gasteiger charge is 2.20. The Balaban J connectivity index is 1.96. The molecule has 0 fully saturated rings. The van der Waals surface area contributed by atoms with Gasteiger partial charge in [-0.15, -0.1) is 0 Å². The monoisotopic (exact) mass is 396 g/mol. The minimum absolute atomic E-state index is 0.0848. The van der Waals surface area contributed by atoms with Gasteiger partial charge in [0.2, 0.25) is 10.0 Å². The summed E-state index contributed by atoms with van der Waals surface area (Å²) in [6, 6.07) is 19.7. The Morgan fingerprint density at radius 2 is 1.68 bits per heavy atom. The fourth-order valence-corrected chi connectivity index (χ4v) is 4.42. The van der Waals surface area contributed by atoms with Gasteiger partial charge in [0.25, 0.3) is 5.91 Å². The van der Waals surface area contributed by atoms with Gasteiger partial charge in [-0.05, 0) is 61.9 Å². The van der Waals surface area contributed by atoms with Crippen LogP contribution in [0.4, 0.5) is 5.69 Å². The van der Waals surface area contributed by atoms with Crippen molar-refractivity contribution in [1.82, 2.24) is 4.72 Å². The molecule has 0 spiro atoms. The first kappa shape index (κ1) is 20.0. The predicted octanol–water partition coefficient (Wildman–Crippen LogP) is 4.19. The van der Waals surface area contributed by atoms with E-state index in [0.29, 0.717) is 12.1 Å². The lowest BCUT2D eigenvalue weighted by atomic mass is 10.1. The normalized spacial score (nSPS) is 11.7. The maximum absolute atomic E-state index is 13.1. The molecular formula is C22H24N2O3S. The molecule has 0 unspecified atom stereocenters. The van der Waals surface area contributed by atoms with E-state index in [0.717, 1.165) is 16.5 Å². The first-order valence-corrected chi connectivity index (χ1v) is 10.7. The van der Waals surface area contributed by atoms with Gasteiger partial charge in [0.1, 0.15) is 0 Å². The maximum Gasteiger partial charge on any atom is 0.258 e. The Morgan fingerprint density at radius 3 is 2.36 bits per heavy atom. The summed E-state index contributed by atoms with van der Waals surface area (Å²) in [4.78, 5) is 14.9. The molecule has 0 aromatic heterocycles. The molecule has 0 bridgehead atoms. The molecule has 1 N–H and O–H groups in total. The van der Waals surface area contributed by atoms with Crippen LogP contribution in [0.25, 0.3) is 10.8 Å². The van der Waals surface area contributed by atoms with Gasteiger partial charge < -0.3 is 4.90 Å². The third-order valence-corrected chi connectivity index (χ3v) is 6.04. The van der Waals surface area contributed by atoms with Crippen LogP contribution in [0.3, 0.4) is 0 Å². The van der Waals surface area contributed by atoms with E-state index in [9.17, 15) is 13.2 Å². The molecule has 0 aliphatic rings. The molecule has 5 nitrogen and oxygen atoms in total. The first-order chi connectivity index (χ1) is 13.3. The second-order valence-corrected chi connectivity index (χ2v) is 8.60. The summed E-state index contributed by atoms with van der Waals surface area (Å²) in [5.41, 5.74) is 1.11. The van der Waals surface area contributed by atoms with Gasteiger partial charge in [-0.3, -0.25) is 4.79 Å². The Labute approximate surface area is 166 Å². The Hall–Kier alpha value is -2.70. The lowest BCUT2D eigenvalue weighted by molar-refractivity contribution is 0.0988. The zero-order valence-electron chi connectivity index (χ0n) is 16.2. The summed E-state index contributed by atoms with van der Waals surface area (Å²) < 4.78 is 27.4. The van der Waals surface area contributed by atoms with Crippen molar-refractivity contribution in [1.29, 1.82) is 0 Å². The van der Waals surface area contributed by atoms with E-state index in [-0.39, 0.29) is 16.8 Å². The summed E-state index contributed by atoms with van der Waals surface area (Å²) in [6.45, 7) is 5.88. The van der Waals surface area contributed by atoms with Crippen molar-refractivity contribution in [3.8, 4) is 0 Å². The highest BCUT2D eigenvalue weighted by molar-refractivity contribution is 7.89. The highest BCUT2D eigenvalue weighted by Crippen LogP contribution is 2.24. The average Bonchev–Trinajstić information content (AvgIpc) is 2.67. The standard InChI is InChI=1S/C22H24N2O3S/c1-4-24(20-13-12-17-8-5-6-9-18(17)14-20)22(25)19-10-7-11-21(15-19)28(26,27)23-16(2)3/h5-16,23H,4H2,1-3H3. The number of amides is 1. The molecule has 146 valence electrons. The van der Waals surface area contributed by atoms with E-state index in [1.54, 1.807) is 30.9 Å². The van der Waals surface area contributed by atoms with Crippen molar-refractivity contribution < 1.29 is 13.2 Å². The number of nitrogens with zero attached hydrogens (tertiary/aromatic N) is 1. The molecule has 0 heterocycles. The highest BCUT2D eigenvalue weighted by atomic mass is 32.2. The number of rotatable bonds is 6. The lowest BCUT2D eigenvalue weighted by Crippen LogP contribution is -2.32. The van der Waals surface area contributed by atoms with E-state index in [2.05, 4.69) is 4.72 Å². The third-order valence-electron chi connectivity index (χ3n) is 4.39. The van der Waals surface area contributed by atoms with Gasteiger partial charge in [0.05, 0.1) is 4.90 Å². The quantitative estimate of drug-likeness (QED) is 0.679. The van der Waals surface area contributed by atoms with Gasteiger partial charge in [-0.25, -0.2) is 13.1 Å². The zero-order chi connectivity index (χ0) is 20.3. The van der Waals surface area contributed by atoms with Gasteiger partial charge in [-0.1, -0.05) is 36.4 Å². The predicted molar refractivity (Wildman–Crippen MR) is 113 cm³/mol. The van der Waals surface area contributed by atoms with Crippen LogP contribution in [-0.2, 0) is 10.0 Å². The molecule has 6 heteroatoms. The number of carbonyl (C=O) groups excluding carboxylic acids is 1. The molecule has 3 aromatic carbocycles. The summed E-state index contributed by atoms with van der Waals surface area (Å²) >= 11 is 0. The van der Waals surface area contributed by atoms with Crippen LogP contribution in [-0.4, -0.2) is 26.9 Å². The summed E-state index contributed by atoms with van der Waals surface area (Å²) in [6.07, 6.45) is 0. The van der Waals surface area contributed by atoms with Crippen molar-refractivity contribution in [2.75, 3.05) is 11.4 Å². The van der Waals surface area contributed by atoms with Crippen molar-refractivity contribution in [2.24, 2.45) is 0 Å². The SMILES string of the molecule is CCN(C(=O)c1cccc(S(=O)(=O)NC(C)C)c1)c1ccc2ccccc2c1. The number of nitrogens with one attached hydrogen (secondary N) is 1. The largest absolute Gasteiger partial charge is 0.309 e. The van der Waals surface area contributed by atoms with Gasteiger partial charge in [0, 0.05) is 23.8 Å². The number of anilines is 1. The van der Waals surface area contributed by atoms with E-state index in [4.69, 9.17) is 0 Å². The number of hydrogen-bond donors (Lipinski definition) is 1. The van der Waals surface area contributed by atoms with Crippen LogP contribution in [0.2, 0.25) is 0 Å². The molecule has 0 radical (unpaired) electrons. The van der Waals surface area contributed by atoms with Crippen molar-refractivity contribution >= 4 is 32.4 Å². The van der Waals surface area contributed by atoms with E-state index in [1.807, 2.05) is 49.4 Å². The van der Waals surface area contributed by atoms with E-state index >= 15 is 0 Å². The fourth-order valence-electron chi connectivity index (χ4n) is 3.12. The topological polar surface area (TPSA) is 66.5 Å². The lowest BCUT2D eigenvalue weighted by Gasteiger charge is -2.22. The Kier molecular flexibility index (Phi) is 5.82. The molecule has 28 heavy (non-hydrogen) atoms. The molecule has 0 atom stereocenters. The molecule has 0 aliphatic heterocycles. The second kappa shape index (κ2) is 8.12. The number of fused-ring (bicyclic) bond motifs is 1. The van der Waals surface area contributed by atoms with E-state index in [1.165, 1.54) is 12.1 Å². The molecule has 0 saturated heterocycles. The van der Waals surface area contributed by atoms with Gasteiger partial charge in [-0.2, -0.15) is 0 Å². The fraction of sp³-hybridized carbons (Fsp3) is 0.227.